The molecule has 18 heavy (non-hydrogen) atoms. The number of benzene rings is 1. The summed E-state index contributed by atoms with van der Waals surface area (Å²) in [4.78, 5) is 12.4. The van der Waals surface area contributed by atoms with Crippen molar-refractivity contribution >= 4 is 15.9 Å². The molecular formula is C14H15BrN2O. The van der Waals surface area contributed by atoms with E-state index in [9.17, 15) is 4.79 Å². The summed E-state index contributed by atoms with van der Waals surface area (Å²) in [5, 5.41) is 3.27. The van der Waals surface area contributed by atoms with Crippen molar-refractivity contribution in [3.63, 3.8) is 0 Å². The molecule has 1 heterocycles. The minimum absolute atomic E-state index is 0.110. The Kier molecular flexibility index (Phi) is 3.12. The van der Waals surface area contributed by atoms with Gasteiger partial charge in [-0.3, -0.25) is 9.89 Å². The Bertz CT molecular complexity index is 627. The van der Waals surface area contributed by atoms with Crippen LogP contribution in [0.3, 0.4) is 0 Å². The van der Waals surface area contributed by atoms with Gasteiger partial charge >= 0.3 is 0 Å². The van der Waals surface area contributed by atoms with E-state index in [1.165, 1.54) is 12.8 Å². The number of rotatable bonds is 1. The Hall–Kier alpha value is -1.29. The molecule has 1 aliphatic rings. The first-order valence-electron chi connectivity index (χ1n) is 6.35. The van der Waals surface area contributed by atoms with Crippen molar-refractivity contribution in [1.29, 1.82) is 0 Å². The average Bonchev–Trinajstić information content (AvgIpc) is 2.56. The second kappa shape index (κ2) is 4.76. The average molecular weight is 307 g/mol. The second-order valence-corrected chi connectivity index (χ2v) is 5.58. The fraction of sp³-hybridized carbons (Fsp3) is 0.357. The van der Waals surface area contributed by atoms with Crippen molar-refractivity contribution in [2.24, 2.45) is 0 Å². The van der Waals surface area contributed by atoms with Gasteiger partial charge < -0.3 is 0 Å². The fourth-order valence-corrected chi connectivity index (χ4v) is 3.03. The molecule has 94 valence electrons. The van der Waals surface area contributed by atoms with E-state index in [-0.39, 0.29) is 5.56 Å². The van der Waals surface area contributed by atoms with Gasteiger partial charge in [-0.05, 0) is 53.7 Å². The van der Waals surface area contributed by atoms with Gasteiger partial charge in [0.15, 0.2) is 0 Å². The van der Waals surface area contributed by atoms with E-state index >= 15 is 0 Å². The van der Waals surface area contributed by atoms with Gasteiger partial charge in [0.1, 0.15) is 0 Å². The minimum atomic E-state index is 0.110. The van der Waals surface area contributed by atoms with Crippen molar-refractivity contribution < 1.29 is 0 Å². The quantitative estimate of drug-likeness (QED) is 0.807. The van der Waals surface area contributed by atoms with Gasteiger partial charge in [0, 0.05) is 15.7 Å². The third kappa shape index (κ3) is 1.94. The third-order valence-corrected chi connectivity index (χ3v) is 4.19. The first kappa shape index (κ1) is 11.8. The maximum atomic E-state index is 12.4. The van der Waals surface area contributed by atoms with Crippen LogP contribution >= 0.6 is 15.9 Å². The van der Waals surface area contributed by atoms with Crippen molar-refractivity contribution in [3.8, 4) is 5.69 Å². The molecule has 0 amide bonds. The molecule has 1 aromatic heterocycles. The second-order valence-electron chi connectivity index (χ2n) is 4.72. The summed E-state index contributed by atoms with van der Waals surface area (Å²) < 4.78 is 2.60. The molecule has 0 atom stereocenters. The Morgan fingerprint density at radius 3 is 2.72 bits per heavy atom. The van der Waals surface area contributed by atoms with Crippen LogP contribution in [0.4, 0.5) is 0 Å². The van der Waals surface area contributed by atoms with Crippen molar-refractivity contribution in [1.82, 2.24) is 9.78 Å². The van der Waals surface area contributed by atoms with Gasteiger partial charge in [0.2, 0.25) is 0 Å². The predicted molar refractivity (Wildman–Crippen MR) is 75.3 cm³/mol. The Balaban J connectivity index is 2.15. The Morgan fingerprint density at radius 1 is 1.11 bits per heavy atom. The number of nitrogens with one attached hydrogen (secondary N) is 1. The maximum absolute atomic E-state index is 12.4. The molecule has 0 saturated heterocycles. The minimum Gasteiger partial charge on any atom is -0.295 e. The number of nitrogens with zero attached hydrogens (tertiary/aromatic N) is 1. The molecule has 0 bridgehead atoms. The first-order chi connectivity index (χ1) is 8.77. The number of aryl methyl sites for hydroxylation is 1. The van der Waals surface area contributed by atoms with E-state index in [0.717, 1.165) is 40.7 Å². The zero-order valence-corrected chi connectivity index (χ0v) is 11.7. The zero-order chi connectivity index (χ0) is 12.5. The van der Waals surface area contributed by atoms with Crippen LogP contribution in [-0.2, 0) is 12.8 Å². The standard InChI is InChI=1S/C14H15BrN2O/c15-11-7-4-5-9-13(11)17-14(18)10-6-2-1-3-8-12(10)16-17/h4-5,7,9,16H,1-3,6,8H2. The summed E-state index contributed by atoms with van der Waals surface area (Å²) in [6.45, 7) is 0. The molecule has 1 aromatic carbocycles. The van der Waals surface area contributed by atoms with Gasteiger partial charge in [-0.25, -0.2) is 4.68 Å². The molecule has 2 aromatic rings. The summed E-state index contributed by atoms with van der Waals surface area (Å²) >= 11 is 3.50. The molecule has 0 unspecified atom stereocenters. The monoisotopic (exact) mass is 306 g/mol. The molecular weight excluding hydrogens is 292 g/mol. The number of hydrogen-bond donors (Lipinski definition) is 1. The topological polar surface area (TPSA) is 37.8 Å². The lowest BCUT2D eigenvalue weighted by Gasteiger charge is -2.04. The van der Waals surface area contributed by atoms with Gasteiger partial charge in [0.25, 0.3) is 5.56 Å². The van der Waals surface area contributed by atoms with E-state index in [0.29, 0.717) is 0 Å². The number of hydrogen-bond acceptors (Lipinski definition) is 1. The third-order valence-electron chi connectivity index (χ3n) is 3.52. The molecule has 0 radical (unpaired) electrons. The molecule has 0 spiro atoms. The van der Waals surface area contributed by atoms with E-state index in [1.807, 2.05) is 24.3 Å². The predicted octanol–water partition coefficient (Wildman–Crippen LogP) is 3.20. The van der Waals surface area contributed by atoms with E-state index < -0.39 is 0 Å². The highest BCUT2D eigenvalue weighted by atomic mass is 79.9. The normalized spacial score (nSPS) is 15.2. The van der Waals surface area contributed by atoms with Crippen LogP contribution in [0.25, 0.3) is 5.69 Å². The van der Waals surface area contributed by atoms with Crippen LogP contribution < -0.4 is 5.56 Å². The van der Waals surface area contributed by atoms with Crippen LogP contribution in [0.15, 0.2) is 33.5 Å². The van der Waals surface area contributed by atoms with Crippen LogP contribution in [0, 0.1) is 0 Å². The molecule has 0 saturated carbocycles. The summed E-state index contributed by atoms with van der Waals surface area (Å²) in [5.41, 5.74) is 3.09. The van der Waals surface area contributed by atoms with E-state index in [2.05, 4.69) is 21.0 Å². The highest BCUT2D eigenvalue weighted by molar-refractivity contribution is 9.10. The van der Waals surface area contributed by atoms with Gasteiger partial charge in [-0.1, -0.05) is 18.6 Å². The van der Waals surface area contributed by atoms with Crippen LogP contribution in [0.1, 0.15) is 30.5 Å². The number of para-hydroxylation sites is 1. The number of aromatic amines is 1. The number of fused-ring (bicyclic) bond motifs is 1. The number of aromatic nitrogens is 2. The zero-order valence-electron chi connectivity index (χ0n) is 10.1. The van der Waals surface area contributed by atoms with Crippen molar-refractivity contribution in [3.05, 3.63) is 50.3 Å². The highest BCUT2D eigenvalue weighted by Crippen LogP contribution is 2.21. The summed E-state index contributed by atoms with van der Waals surface area (Å²) in [7, 11) is 0. The van der Waals surface area contributed by atoms with Gasteiger partial charge in [0.05, 0.1) is 5.69 Å². The molecule has 4 heteroatoms. The molecule has 1 aliphatic carbocycles. The molecule has 1 N–H and O–H groups in total. The highest BCUT2D eigenvalue weighted by Gasteiger charge is 2.17. The first-order valence-corrected chi connectivity index (χ1v) is 7.14. The SMILES string of the molecule is O=c1c2c([nH]n1-c1ccccc1Br)CCCCC2. The lowest BCUT2D eigenvalue weighted by atomic mass is 10.1. The lowest BCUT2D eigenvalue weighted by molar-refractivity contribution is 0.689. The summed E-state index contributed by atoms with van der Waals surface area (Å²) in [6, 6.07) is 7.79. The molecule has 3 nitrogen and oxygen atoms in total. The fourth-order valence-electron chi connectivity index (χ4n) is 2.56. The van der Waals surface area contributed by atoms with Crippen molar-refractivity contribution in [2.45, 2.75) is 32.1 Å². The molecule has 3 rings (SSSR count). The van der Waals surface area contributed by atoms with Crippen LogP contribution in [0.2, 0.25) is 0 Å². The Labute approximate surface area is 114 Å². The molecule has 0 aliphatic heterocycles. The van der Waals surface area contributed by atoms with Crippen LogP contribution in [0.5, 0.6) is 0 Å². The van der Waals surface area contributed by atoms with Crippen LogP contribution in [-0.4, -0.2) is 9.78 Å². The van der Waals surface area contributed by atoms with E-state index in [1.54, 1.807) is 4.68 Å². The number of H-pyrrole nitrogens is 1. The summed E-state index contributed by atoms with van der Waals surface area (Å²) in [5.74, 6) is 0. The van der Waals surface area contributed by atoms with Gasteiger partial charge in [-0.2, -0.15) is 0 Å². The lowest BCUT2D eigenvalue weighted by Crippen LogP contribution is -2.17. The number of halogens is 1. The molecule has 0 fully saturated rings. The smallest absolute Gasteiger partial charge is 0.274 e. The largest absolute Gasteiger partial charge is 0.295 e. The Morgan fingerprint density at radius 2 is 1.89 bits per heavy atom. The maximum Gasteiger partial charge on any atom is 0.274 e. The van der Waals surface area contributed by atoms with E-state index in [4.69, 9.17) is 0 Å². The van der Waals surface area contributed by atoms with Gasteiger partial charge in [-0.15, -0.1) is 0 Å². The summed E-state index contributed by atoms with van der Waals surface area (Å²) in [6.07, 6.45) is 5.40. The van der Waals surface area contributed by atoms with Crippen molar-refractivity contribution in [2.75, 3.05) is 0 Å².